The minimum atomic E-state index is -3.15. The minimum absolute atomic E-state index is 0.0314. The van der Waals surface area contributed by atoms with Crippen molar-refractivity contribution in [1.29, 1.82) is 0 Å². The van der Waals surface area contributed by atoms with Gasteiger partial charge in [0.1, 0.15) is 5.69 Å². The molecule has 0 bridgehead atoms. The van der Waals surface area contributed by atoms with Crippen molar-refractivity contribution in [2.75, 3.05) is 11.9 Å². The van der Waals surface area contributed by atoms with Crippen LogP contribution in [0.15, 0.2) is 30.5 Å². The van der Waals surface area contributed by atoms with Crippen LogP contribution in [0.1, 0.15) is 66.5 Å². The number of hydrogen-bond donors (Lipinski definition) is 2. The van der Waals surface area contributed by atoms with Gasteiger partial charge in [0.05, 0.1) is 6.04 Å². The molecule has 1 aliphatic rings. The maximum atomic E-state index is 13.7. The highest BCUT2D eigenvalue weighted by molar-refractivity contribution is 5.94. The average molecular weight is 474 g/mol. The first kappa shape index (κ1) is 25.2. The molecule has 2 N–H and O–H groups in total. The van der Waals surface area contributed by atoms with E-state index in [0.717, 1.165) is 19.3 Å². The number of anilines is 1. The summed E-state index contributed by atoms with van der Waals surface area (Å²) in [4.78, 5) is 37.5. The lowest BCUT2D eigenvalue weighted by atomic mass is 9.85. The van der Waals surface area contributed by atoms with Crippen LogP contribution in [-0.4, -0.2) is 39.3 Å². The zero-order valence-corrected chi connectivity index (χ0v) is 19.7. The van der Waals surface area contributed by atoms with Gasteiger partial charge in [0, 0.05) is 23.4 Å². The van der Waals surface area contributed by atoms with Gasteiger partial charge in [0.2, 0.25) is 17.7 Å². The lowest BCUT2D eigenvalue weighted by Crippen LogP contribution is -2.30. The first-order valence-electron chi connectivity index (χ1n) is 11.1. The Morgan fingerprint density at radius 2 is 1.97 bits per heavy atom. The van der Waals surface area contributed by atoms with Crippen LogP contribution in [0, 0.1) is 19.8 Å². The third kappa shape index (κ3) is 6.12. The number of amides is 2. The fraction of sp³-hybridized carbons (Fsp3) is 0.458. The number of carbonyl (C=O) groups is 2. The van der Waals surface area contributed by atoms with Crippen molar-refractivity contribution < 1.29 is 23.1 Å². The zero-order chi connectivity index (χ0) is 25.0. The quantitative estimate of drug-likeness (QED) is 0.526. The van der Waals surface area contributed by atoms with Crippen molar-refractivity contribution in [2.24, 2.45) is 5.92 Å². The average Bonchev–Trinajstić information content (AvgIpc) is 2.70. The van der Waals surface area contributed by atoms with Gasteiger partial charge in [-0.15, -0.1) is 0 Å². The number of hydrogen-bond acceptors (Lipinski definition) is 6. The number of halogens is 2. The highest BCUT2D eigenvalue weighted by Crippen LogP contribution is 2.27. The van der Waals surface area contributed by atoms with Gasteiger partial charge in [0.25, 0.3) is 5.91 Å². The standard InChI is InChI=1S/C24H29F2N5O3/c1-13(2)24(25,26)12-34-22-14(3)9-18(11-27-22)16(5)29-21(33)19-10-15(4)28-23(30-19)31-20(32)17-7-6-8-17/h9-11,16-17H,1,6-8,12H2,2-5H3,(H,29,33)(H,28,30,31,32). The Labute approximate surface area is 197 Å². The maximum absolute atomic E-state index is 13.7. The third-order valence-electron chi connectivity index (χ3n) is 5.71. The van der Waals surface area contributed by atoms with Crippen molar-refractivity contribution in [2.45, 2.75) is 58.9 Å². The van der Waals surface area contributed by atoms with Crippen LogP contribution in [0.3, 0.4) is 0 Å². The van der Waals surface area contributed by atoms with Crippen molar-refractivity contribution in [3.05, 3.63) is 53.0 Å². The molecule has 2 heterocycles. The smallest absolute Gasteiger partial charge is 0.302 e. The molecule has 0 aromatic carbocycles. The van der Waals surface area contributed by atoms with Crippen LogP contribution in [0.4, 0.5) is 14.7 Å². The number of nitrogens with one attached hydrogen (secondary N) is 2. The lowest BCUT2D eigenvalue weighted by Gasteiger charge is -2.23. The molecule has 1 aliphatic carbocycles. The zero-order valence-electron chi connectivity index (χ0n) is 19.7. The van der Waals surface area contributed by atoms with Crippen LogP contribution in [0.25, 0.3) is 0 Å². The van der Waals surface area contributed by atoms with Crippen LogP contribution in [0.5, 0.6) is 5.88 Å². The number of carbonyl (C=O) groups excluding carboxylic acids is 2. The summed E-state index contributed by atoms with van der Waals surface area (Å²) in [6, 6.07) is 2.79. The van der Waals surface area contributed by atoms with Crippen molar-refractivity contribution >= 4 is 17.8 Å². The first-order valence-corrected chi connectivity index (χ1v) is 11.1. The van der Waals surface area contributed by atoms with Gasteiger partial charge in [-0.25, -0.2) is 15.0 Å². The molecule has 8 nitrogen and oxygen atoms in total. The fourth-order valence-electron chi connectivity index (χ4n) is 3.23. The minimum Gasteiger partial charge on any atom is -0.471 e. The molecule has 0 aliphatic heterocycles. The van der Waals surface area contributed by atoms with E-state index in [2.05, 4.69) is 32.2 Å². The molecular formula is C24H29F2N5O3. The van der Waals surface area contributed by atoms with E-state index >= 15 is 0 Å². The van der Waals surface area contributed by atoms with Crippen molar-refractivity contribution in [3.8, 4) is 5.88 Å². The van der Waals surface area contributed by atoms with Gasteiger partial charge in [-0.2, -0.15) is 8.78 Å². The molecule has 3 rings (SSSR count). The summed E-state index contributed by atoms with van der Waals surface area (Å²) in [6.07, 6.45) is 4.18. The largest absolute Gasteiger partial charge is 0.471 e. The maximum Gasteiger partial charge on any atom is 0.302 e. The first-order chi connectivity index (χ1) is 16.0. The predicted octanol–water partition coefficient (Wildman–Crippen LogP) is 4.31. The van der Waals surface area contributed by atoms with Crippen molar-refractivity contribution in [1.82, 2.24) is 20.3 Å². The molecule has 34 heavy (non-hydrogen) atoms. The lowest BCUT2D eigenvalue weighted by molar-refractivity contribution is -0.122. The van der Waals surface area contributed by atoms with Gasteiger partial charge in [-0.3, -0.25) is 14.9 Å². The summed E-state index contributed by atoms with van der Waals surface area (Å²) in [5.74, 6) is -3.59. The number of rotatable bonds is 9. The molecule has 1 fully saturated rings. The van der Waals surface area contributed by atoms with E-state index < -0.39 is 24.5 Å². The second kappa shape index (κ2) is 10.2. The molecule has 0 radical (unpaired) electrons. The van der Waals surface area contributed by atoms with Crippen molar-refractivity contribution in [3.63, 3.8) is 0 Å². The van der Waals surface area contributed by atoms with Crippen LogP contribution >= 0.6 is 0 Å². The van der Waals surface area contributed by atoms with E-state index in [1.807, 2.05) is 0 Å². The molecule has 1 unspecified atom stereocenters. The van der Waals surface area contributed by atoms with E-state index in [9.17, 15) is 18.4 Å². The van der Waals surface area contributed by atoms with Gasteiger partial charge in [-0.05, 0) is 63.8 Å². The number of alkyl halides is 2. The number of ether oxygens (including phenoxy) is 1. The number of nitrogens with zero attached hydrogens (tertiary/aromatic N) is 3. The Morgan fingerprint density at radius 3 is 2.56 bits per heavy atom. The molecular weight excluding hydrogens is 444 g/mol. The van der Waals surface area contributed by atoms with Crippen LogP contribution < -0.4 is 15.4 Å². The summed E-state index contributed by atoms with van der Waals surface area (Å²) in [5.41, 5.74) is 1.59. The second-order valence-electron chi connectivity index (χ2n) is 8.69. The Hall–Kier alpha value is -3.43. The molecule has 0 saturated heterocycles. The van der Waals surface area contributed by atoms with Gasteiger partial charge >= 0.3 is 5.92 Å². The highest BCUT2D eigenvalue weighted by Gasteiger charge is 2.31. The van der Waals surface area contributed by atoms with Crippen LogP contribution in [-0.2, 0) is 4.79 Å². The summed E-state index contributed by atoms with van der Waals surface area (Å²) >= 11 is 0. The van der Waals surface area contributed by atoms with E-state index in [1.165, 1.54) is 19.2 Å². The van der Waals surface area contributed by atoms with E-state index in [-0.39, 0.29) is 34.9 Å². The second-order valence-corrected chi connectivity index (χ2v) is 8.69. The highest BCUT2D eigenvalue weighted by atomic mass is 19.3. The number of aryl methyl sites for hydroxylation is 2. The van der Waals surface area contributed by atoms with Gasteiger partial charge in [0.15, 0.2) is 6.61 Å². The summed E-state index contributed by atoms with van der Waals surface area (Å²) in [7, 11) is 0. The molecule has 182 valence electrons. The third-order valence-corrected chi connectivity index (χ3v) is 5.71. The molecule has 2 amide bonds. The number of pyridine rings is 1. The Balaban J connectivity index is 1.65. The van der Waals surface area contributed by atoms with Gasteiger partial charge < -0.3 is 10.1 Å². The van der Waals surface area contributed by atoms with E-state index in [1.54, 1.807) is 26.8 Å². The molecule has 1 atom stereocenters. The normalized spacial score (nSPS) is 14.6. The monoisotopic (exact) mass is 473 g/mol. The molecule has 2 aromatic rings. The Kier molecular flexibility index (Phi) is 7.58. The van der Waals surface area contributed by atoms with E-state index in [0.29, 0.717) is 16.8 Å². The summed E-state index contributed by atoms with van der Waals surface area (Å²) < 4.78 is 32.6. The summed E-state index contributed by atoms with van der Waals surface area (Å²) in [6.45, 7) is 8.81. The molecule has 0 spiro atoms. The van der Waals surface area contributed by atoms with E-state index in [4.69, 9.17) is 4.74 Å². The SMILES string of the molecule is C=C(C)C(F)(F)COc1ncc(C(C)NC(=O)c2cc(C)nc(NC(=O)C3CCC3)n2)cc1C. The molecule has 10 heteroatoms. The number of aromatic nitrogens is 3. The predicted molar refractivity (Wildman–Crippen MR) is 123 cm³/mol. The Bertz CT molecular complexity index is 1100. The molecule has 1 saturated carbocycles. The van der Waals surface area contributed by atoms with Crippen LogP contribution in [0.2, 0.25) is 0 Å². The Morgan fingerprint density at radius 1 is 1.26 bits per heavy atom. The van der Waals surface area contributed by atoms with Gasteiger partial charge in [-0.1, -0.05) is 13.0 Å². The summed E-state index contributed by atoms with van der Waals surface area (Å²) in [5, 5.41) is 5.51. The molecule has 2 aromatic heterocycles. The fourth-order valence-corrected chi connectivity index (χ4v) is 3.23. The topological polar surface area (TPSA) is 106 Å².